The molecule has 1 aromatic heterocycles. The third-order valence-corrected chi connectivity index (χ3v) is 3.73. The van der Waals surface area contributed by atoms with Crippen molar-refractivity contribution in [2.24, 2.45) is 0 Å². The fourth-order valence-corrected chi connectivity index (χ4v) is 2.05. The number of aryl methyl sites for hydroxylation is 1. The molecule has 2 amide bonds. The van der Waals surface area contributed by atoms with Gasteiger partial charge in [0.1, 0.15) is 0 Å². The Morgan fingerprint density at radius 1 is 1.13 bits per heavy atom. The van der Waals surface area contributed by atoms with E-state index in [1.165, 1.54) is 6.26 Å². The minimum absolute atomic E-state index is 0.0823. The fraction of sp³-hybridized carbons (Fsp3) is 0.333. The highest BCUT2D eigenvalue weighted by atomic mass is 16.3. The maximum absolute atomic E-state index is 12.0. The van der Waals surface area contributed by atoms with Gasteiger partial charge in [-0.3, -0.25) is 9.59 Å². The van der Waals surface area contributed by atoms with E-state index in [4.69, 9.17) is 4.42 Å². The molecule has 1 aromatic carbocycles. The minimum Gasteiger partial charge on any atom is -0.459 e. The molecule has 0 radical (unpaired) electrons. The van der Waals surface area contributed by atoms with Gasteiger partial charge < -0.3 is 15.1 Å². The fourth-order valence-electron chi connectivity index (χ4n) is 2.05. The highest BCUT2D eigenvalue weighted by Crippen LogP contribution is 2.09. The first kappa shape index (κ1) is 16.8. The summed E-state index contributed by atoms with van der Waals surface area (Å²) in [5.74, 6) is 0.00165. The number of carbonyl (C=O) groups excluding carboxylic acids is 2. The van der Waals surface area contributed by atoms with Crippen molar-refractivity contribution >= 4 is 11.8 Å². The Hall–Kier alpha value is -2.56. The lowest BCUT2D eigenvalue weighted by Gasteiger charge is -2.11. The summed E-state index contributed by atoms with van der Waals surface area (Å²) >= 11 is 0. The normalized spacial score (nSPS) is 11.8. The summed E-state index contributed by atoms with van der Waals surface area (Å²) in [6.45, 7) is 6.20. The van der Waals surface area contributed by atoms with Crippen molar-refractivity contribution in [1.82, 2.24) is 10.6 Å². The molecular formula is C18H22N2O3. The van der Waals surface area contributed by atoms with Gasteiger partial charge in [-0.05, 0) is 44.0 Å². The Labute approximate surface area is 136 Å². The molecule has 0 fully saturated rings. The topological polar surface area (TPSA) is 71.3 Å². The summed E-state index contributed by atoms with van der Waals surface area (Å²) < 4.78 is 5.15. The van der Waals surface area contributed by atoms with Crippen LogP contribution in [0.15, 0.2) is 41.0 Å². The SMILES string of the molecule is CC[C@H](C)NC(=O)c1ccc(CNC(=O)c2occc2C)cc1. The van der Waals surface area contributed by atoms with Gasteiger partial charge in [0, 0.05) is 23.7 Å². The summed E-state index contributed by atoms with van der Waals surface area (Å²) in [7, 11) is 0. The van der Waals surface area contributed by atoms with Crippen LogP contribution in [-0.2, 0) is 6.54 Å². The van der Waals surface area contributed by atoms with Crippen LogP contribution in [0.3, 0.4) is 0 Å². The van der Waals surface area contributed by atoms with Crippen LogP contribution in [-0.4, -0.2) is 17.9 Å². The molecule has 0 saturated carbocycles. The van der Waals surface area contributed by atoms with Crippen LogP contribution in [0.5, 0.6) is 0 Å². The van der Waals surface area contributed by atoms with Crippen LogP contribution in [0.1, 0.15) is 52.3 Å². The van der Waals surface area contributed by atoms with Gasteiger partial charge in [0.2, 0.25) is 0 Å². The van der Waals surface area contributed by atoms with Crippen LogP contribution in [0.2, 0.25) is 0 Å². The molecule has 0 aliphatic rings. The Balaban J connectivity index is 1.91. The number of nitrogens with one attached hydrogen (secondary N) is 2. The van der Waals surface area contributed by atoms with Crippen molar-refractivity contribution in [2.45, 2.75) is 39.8 Å². The third kappa shape index (κ3) is 4.45. The van der Waals surface area contributed by atoms with Gasteiger partial charge in [0.05, 0.1) is 6.26 Å². The number of hydrogen-bond acceptors (Lipinski definition) is 3. The molecule has 0 bridgehead atoms. The predicted octanol–water partition coefficient (Wildman–Crippen LogP) is 3.05. The number of carbonyl (C=O) groups is 2. The molecule has 0 aliphatic carbocycles. The van der Waals surface area contributed by atoms with Gasteiger partial charge >= 0.3 is 0 Å². The highest BCUT2D eigenvalue weighted by Gasteiger charge is 2.12. The van der Waals surface area contributed by atoms with Gasteiger partial charge in [-0.1, -0.05) is 19.1 Å². The zero-order valence-electron chi connectivity index (χ0n) is 13.7. The average Bonchev–Trinajstić information content (AvgIpc) is 2.99. The van der Waals surface area contributed by atoms with Crippen LogP contribution < -0.4 is 10.6 Å². The lowest BCUT2D eigenvalue weighted by Crippen LogP contribution is -2.31. The molecule has 5 nitrogen and oxygen atoms in total. The van der Waals surface area contributed by atoms with Crippen LogP contribution in [0, 0.1) is 6.92 Å². The second kappa shape index (κ2) is 7.63. The molecule has 1 heterocycles. The molecule has 0 saturated heterocycles. The molecular weight excluding hydrogens is 292 g/mol. The van der Waals surface area contributed by atoms with Crippen LogP contribution in [0.25, 0.3) is 0 Å². The predicted molar refractivity (Wildman–Crippen MR) is 88.3 cm³/mol. The highest BCUT2D eigenvalue weighted by molar-refractivity contribution is 5.94. The van der Waals surface area contributed by atoms with Crippen molar-refractivity contribution in [3.63, 3.8) is 0 Å². The molecule has 5 heteroatoms. The zero-order chi connectivity index (χ0) is 16.8. The van der Waals surface area contributed by atoms with Crippen molar-refractivity contribution in [2.75, 3.05) is 0 Å². The van der Waals surface area contributed by atoms with Crippen LogP contribution >= 0.6 is 0 Å². The molecule has 2 rings (SSSR count). The van der Waals surface area contributed by atoms with Crippen molar-refractivity contribution in [3.8, 4) is 0 Å². The molecule has 23 heavy (non-hydrogen) atoms. The van der Waals surface area contributed by atoms with Crippen molar-refractivity contribution < 1.29 is 14.0 Å². The van der Waals surface area contributed by atoms with Gasteiger partial charge in [0.15, 0.2) is 5.76 Å². The molecule has 0 spiro atoms. The monoisotopic (exact) mass is 314 g/mol. The molecule has 122 valence electrons. The third-order valence-electron chi connectivity index (χ3n) is 3.73. The van der Waals surface area contributed by atoms with E-state index in [1.807, 2.05) is 32.9 Å². The van der Waals surface area contributed by atoms with E-state index in [1.54, 1.807) is 18.2 Å². The van der Waals surface area contributed by atoms with E-state index in [2.05, 4.69) is 10.6 Å². The average molecular weight is 314 g/mol. The van der Waals surface area contributed by atoms with E-state index in [-0.39, 0.29) is 17.9 Å². The van der Waals surface area contributed by atoms with E-state index < -0.39 is 0 Å². The summed E-state index contributed by atoms with van der Waals surface area (Å²) in [4.78, 5) is 24.0. The van der Waals surface area contributed by atoms with E-state index in [0.29, 0.717) is 17.9 Å². The summed E-state index contributed by atoms with van der Waals surface area (Å²) in [6.07, 6.45) is 2.39. The Kier molecular flexibility index (Phi) is 5.57. The summed E-state index contributed by atoms with van der Waals surface area (Å²) in [5.41, 5.74) is 2.34. The molecule has 2 aromatic rings. The van der Waals surface area contributed by atoms with Gasteiger partial charge in [0.25, 0.3) is 11.8 Å². The maximum Gasteiger partial charge on any atom is 0.287 e. The summed E-state index contributed by atoms with van der Waals surface area (Å²) in [6, 6.07) is 9.09. The molecule has 0 aliphatic heterocycles. The first-order valence-corrected chi connectivity index (χ1v) is 7.73. The first-order valence-electron chi connectivity index (χ1n) is 7.73. The van der Waals surface area contributed by atoms with Gasteiger partial charge in [-0.25, -0.2) is 0 Å². The first-order chi connectivity index (χ1) is 11.0. The maximum atomic E-state index is 12.0. The van der Waals surface area contributed by atoms with Crippen molar-refractivity contribution in [3.05, 3.63) is 59.0 Å². The van der Waals surface area contributed by atoms with Gasteiger partial charge in [-0.15, -0.1) is 0 Å². The number of rotatable bonds is 6. The minimum atomic E-state index is -0.244. The molecule has 1 atom stereocenters. The number of furan rings is 1. The number of hydrogen-bond donors (Lipinski definition) is 2. The smallest absolute Gasteiger partial charge is 0.287 e. The Bertz CT molecular complexity index is 674. The number of benzene rings is 1. The molecule has 0 unspecified atom stereocenters. The second-order valence-electron chi connectivity index (χ2n) is 5.60. The van der Waals surface area contributed by atoms with Gasteiger partial charge in [-0.2, -0.15) is 0 Å². The lowest BCUT2D eigenvalue weighted by molar-refractivity contribution is 0.0918. The van der Waals surface area contributed by atoms with Crippen LogP contribution in [0.4, 0.5) is 0 Å². The van der Waals surface area contributed by atoms with E-state index in [9.17, 15) is 9.59 Å². The second-order valence-corrected chi connectivity index (χ2v) is 5.60. The van der Waals surface area contributed by atoms with Crippen molar-refractivity contribution in [1.29, 1.82) is 0 Å². The zero-order valence-corrected chi connectivity index (χ0v) is 13.7. The number of amides is 2. The van der Waals surface area contributed by atoms with E-state index >= 15 is 0 Å². The standard InChI is InChI=1S/C18H22N2O3/c1-4-13(3)20-17(21)15-7-5-14(6-8-15)11-19-18(22)16-12(2)9-10-23-16/h5-10,13H,4,11H2,1-3H3,(H,19,22)(H,20,21)/t13-/m0/s1. The summed E-state index contributed by atoms with van der Waals surface area (Å²) in [5, 5.41) is 5.72. The quantitative estimate of drug-likeness (QED) is 0.861. The Morgan fingerprint density at radius 2 is 1.83 bits per heavy atom. The lowest BCUT2D eigenvalue weighted by atomic mass is 10.1. The molecule has 2 N–H and O–H groups in total. The Morgan fingerprint density at radius 3 is 2.39 bits per heavy atom. The largest absolute Gasteiger partial charge is 0.459 e. The van der Waals surface area contributed by atoms with E-state index in [0.717, 1.165) is 17.5 Å².